The van der Waals surface area contributed by atoms with E-state index in [1.165, 1.54) is 17.8 Å². The van der Waals surface area contributed by atoms with Crippen molar-refractivity contribution in [3.63, 3.8) is 0 Å². The van der Waals surface area contributed by atoms with Crippen LogP contribution in [0.5, 0.6) is 0 Å². The third-order valence-electron chi connectivity index (χ3n) is 6.86. The Labute approximate surface area is 214 Å². The van der Waals surface area contributed by atoms with Gasteiger partial charge in [0.1, 0.15) is 5.82 Å². The first-order valence-corrected chi connectivity index (χ1v) is 13.2. The number of hydrogen-bond donors (Lipinski definition) is 0. The van der Waals surface area contributed by atoms with Crippen LogP contribution in [0.15, 0.2) is 95.0 Å². The minimum absolute atomic E-state index is 0.0311. The van der Waals surface area contributed by atoms with Gasteiger partial charge in [-0.3, -0.25) is 9.69 Å². The first kappa shape index (κ1) is 22.8. The molecule has 1 aromatic heterocycles. The lowest BCUT2D eigenvalue weighted by Gasteiger charge is -2.22. The quantitative estimate of drug-likeness (QED) is 0.271. The number of nitrogens with zero attached hydrogens (tertiary/aromatic N) is 3. The molecule has 1 aliphatic carbocycles. The molecule has 2 aliphatic rings. The zero-order chi connectivity index (χ0) is 24.5. The van der Waals surface area contributed by atoms with E-state index in [0.717, 1.165) is 58.6 Å². The van der Waals surface area contributed by atoms with Gasteiger partial charge in [-0.2, -0.15) is 0 Å². The van der Waals surface area contributed by atoms with Crippen LogP contribution in [0.4, 0.5) is 10.1 Å². The Morgan fingerprint density at radius 2 is 1.75 bits per heavy atom. The van der Waals surface area contributed by atoms with Crippen molar-refractivity contribution in [2.24, 2.45) is 4.99 Å². The number of benzene rings is 3. The number of carbonyl (C=O) groups excluding carboxylic acids is 1. The monoisotopic (exact) mass is 495 g/mol. The SMILES string of the molecule is O=C1/C(=C/c2cn(Cc3cccc(F)c3)c3ccccc23)SC(=Nc2ccccc2)N1C1CCCC1. The van der Waals surface area contributed by atoms with Crippen LogP contribution in [0.1, 0.15) is 36.8 Å². The highest BCUT2D eigenvalue weighted by molar-refractivity contribution is 8.18. The molecule has 1 saturated heterocycles. The van der Waals surface area contributed by atoms with Gasteiger partial charge in [0.25, 0.3) is 5.91 Å². The normalized spacial score (nSPS) is 18.8. The van der Waals surface area contributed by atoms with Crippen molar-refractivity contribution >= 4 is 45.5 Å². The highest BCUT2D eigenvalue weighted by Crippen LogP contribution is 2.39. The summed E-state index contributed by atoms with van der Waals surface area (Å²) < 4.78 is 15.9. The van der Waals surface area contributed by atoms with Crippen LogP contribution in [-0.4, -0.2) is 26.6 Å². The Kier molecular flexibility index (Phi) is 6.20. The van der Waals surface area contributed by atoms with Crippen molar-refractivity contribution in [2.75, 3.05) is 0 Å². The number of fused-ring (bicyclic) bond motifs is 1. The van der Waals surface area contributed by atoms with Crippen LogP contribution in [0.2, 0.25) is 0 Å². The van der Waals surface area contributed by atoms with Gasteiger partial charge >= 0.3 is 0 Å². The Balaban J connectivity index is 1.39. The van der Waals surface area contributed by atoms with Gasteiger partial charge in [0.2, 0.25) is 0 Å². The topological polar surface area (TPSA) is 37.6 Å². The number of aromatic nitrogens is 1. The smallest absolute Gasteiger partial charge is 0.267 e. The summed E-state index contributed by atoms with van der Waals surface area (Å²) in [5, 5.41) is 1.82. The average Bonchev–Trinajstić information content (AvgIpc) is 3.60. The average molecular weight is 496 g/mol. The molecule has 2 fully saturated rings. The van der Waals surface area contributed by atoms with E-state index in [-0.39, 0.29) is 17.8 Å². The van der Waals surface area contributed by atoms with Gasteiger partial charge in [0.15, 0.2) is 5.17 Å². The number of carbonyl (C=O) groups is 1. The summed E-state index contributed by atoms with van der Waals surface area (Å²) in [7, 11) is 0. The molecule has 0 radical (unpaired) electrons. The summed E-state index contributed by atoms with van der Waals surface area (Å²) in [5.74, 6) is -0.208. The minimum Gasteiger partial charge on any atom is -0.342 e. The summed E-state index contributed by atoms with van der Waals surface area (Å²) >= 11 is 1.46. The van der Waals surface area contributed by atoms with E-state index in [1.807, 2.05) is 59.5 Å². The number of halogens is 1. The van der Waals surface area contributed by atoms with Crippen LogP contribution in [0.25, 0.3) is 17.0 Å². The molecule has 1 aliphatic heterocycles. The van der Waals surface area contributed by atoms with Gasteiger partial charge in [0, 0.05) is 35.2 Å². The molecule has 2 heterocycles. The Bertz CT molecular complexity index is 1480. The standard InChI is InChI=1S/C30H26FN3OS/c31-23-10-8-9-21(17-23)19-33-20-22(26-15-6-7-16-27(26)33)18-28-29(35)34(25-13-4-5-14-25)30(36-28)32-24-11-2-1-3-12-24/h1-3,6-12,15-18,20,25H,4-5,13-14,19H2/b28-18-,32-30?. The molecule has 0 bridgehead atoms. The minimum atomic E-state index is -0.239. The summed E-state index contributed by atoms with van der Waals surface area (Å²) in [6.07, 6.45) is 8.37. The van der Waals surface area contributed by atoms with Crippen LogP contribution in [0, 0.1) is 5.82 Å². The molecule has 4 aromatic rings. The number of hydrogen-bond acceptors (Lipinski definition) is 3. The van der Waals surface area contributed by atoms with Crippen LogP contribution < -0.4 is 0 Å². The summed E-state index contributed by atoms with van der Waals surface area (Å²) in [4.78, 5) is 21.1. The Hall–Kier alpha value is -3.64. The van der Waals surface area contributed by atoms with Gasteiger partial charge in [-0.15, -0.1) is 0 Å². The van der Waals surface area contributed by atoms with E-state index in [2.05, 4.69) is 22.9 Å². The van der Waals surface area contributed by atoms with Crippen molar-refractivity contribution in [3.05, 3.63) is 107 Å². The van der Waals surface area contributed by atoms with Crippen molar-refractivity contribution in [2.45, 2.75) is 38.3 Å². The lowest BCUT2D eigenvalue weighted by Crippen LogP contribution is -2.37. The Morgan fingerprint density at radius 1 is 0.972 bits per heavy atom. The highest BCUT2D eigenvalue weighted by Gasteiger charge is 2.39. The van der Waals surface area contributed by atoms with E-state index >= 15 is 0 Å². The predicted molar refractivity (Wildman–Crippen MR) is 146 cm³/mol. The molecule has 0 atom stereocenters. The molecule has 0 spiro atoms. The largest absolute Gasteiger partial charge is 0.342 e. The van der Waals surface area contributed by atoms with E-state index in [0.29, 0.717) is 11.4 Å². The summed E-state index contributed by atoms with van der Waals surface area (Å²) in [6.45, 7) is 0.553. The number of amides is 1. The highest BCUT2D eigenvalue weighted by atomic mass is 32.2. The first-order chi connectivity index (χ1) is 17.7. The number of amidine groups is 1. The van der Waals surface area contributed by atoms with Gasteiger partial charge in [-0.05, 0) is 66.6 Å². The molecular weight excluding hydrogens is 469 g/mol. The third-order valence-corrected chi connectivity index (χ3v) is 7.84. The number of rotatable bonds is 5. The zero-order valence-electron chi connectivity index (χ0n) is 19.8. The molecule has 1 saturated carbocycles. The van der Waals surface area contributed by atoms with E-state index in [1.54, 1.807) is 12.1 Å². The number of thioether (sulfide) groups is 1. The predicted octanol–water partition coefficient (Wildman–Crippen LogP) is 7.38. The van der Waals surface area contributed by atoms with E-state index < -0.39 is 0 Å². The maximum atomic E-state index is 13.8. The fraction of sp³-hybridized carbons (Fsp3) is 0.200. The molecule has 4 nitrogen and oxygen atoms in total. The molecule has 3 aromatic carbocycles. The number of aliphatic imine (C=N–C) groups is 1. The third kappa shape index (κ3) is 4.49. The second-order valence-electron chi connectivity index (χ2n) is 9.31. The zero-order valence-corrected chi connectivity index (χ0v) is 20.6. The Morgan fingerprint density at radius 3 is 2.56 bits per heavy atom. The molecule has 0 unspecified atom stereocenters. The van der Waals surface area contributed by atoms with E-state index in [4.69, 9.17) is 4.99 Å². The van der Waals surface area contributed by atoms with Crippen LogP contribution >= 0.6 is 11.8 Å². The second-order valence-corrected chi connectivity index (χ2v) is 10.3. The molecule has 1 amide bonds. The maximum absolute atomic E-state index is 13.8. The van der Waals surface area contributed by atoms with E-state index in [9.17, 15) is 9.18 Å². The van der Waals surface area contributed by atoms with Crippen LogP contribution in [-0.2, 0) is 11.3 Å². The van der Waals surface area contributed by atoms with Gasteiger partial charge < -0.3 is 4.57 Å². The molecule has 6 rings (SSSR count). The fourth-order valence-corrected chi connectivity index (χ4v) is 6.21. The van der Waals surface area contributed by atoms with Crippen molar-refractivity contribution in [1.82, 2.24) is 9.47 Å². The molecule has 0 N–H and O–H groups in total. The maximum Gasteiger partial charge on any atom is 0.267 e. The first-order valence-electron chi connectivity index (χ1n) is 12.3. The molecule has 6 heteroatoms. The van der Waals surface area contributed by atoms with Gasteiger partial charge in [-0.1, -0.05) is 61.4 Å². The van der Waals surface area contributed by atoms with Gasteiger partial charge in [-0.25, -0.2) is 9.38 Å². The van der Waals surface area contributed by atoms with Gasteiger partial charge in [0.05, 0.1) is 10.6 Å². The molecule has 36 heavy (non-hydrogen) atoms. The molecular formula is C30H26FN3OS. The lowest BCUT2D eigenvalue weighted by atomic mass is 10.1. The second kappa shape index (κ2) is 9.78. The molecule has 180 valence electrons. The van der Waals surface area contributed by atoms with Crippen LogP contribution in [0.3, 0.4) is 0 Å². The fourth-order valence-electron chi connectivity index (χ4n) is 5.16. The van der Waals surface area contributed by atoms with Crippen molar-refractivity contribution in [3.8, 4) is 0 Å². The summed E-state index contributed by atoms with van der Waals surface area (Å²) in [5.41, 5.74) is 3.77. The summed E-state index contributed by atoms with van der Waals surface area (Å²) in [6, 6.07) is 24.9. The van der Waals surface area contributed by atoms with Crippen molar-refractivity contribution in [1.29, 1.82) is 0 Å². The number of para-hydroxylation sites is 2. The lowest BCUT2D eigenvalue weighted by molar-refractivity contribution is -0.123. The van der Waals surface area contributed by atoms with Crippen molar-refractivity contribution < 1.29 is 9.18 Å².